The van der Waals surface area contributed by atoms with Crippen LogP contribution in [-0.2, 0) is 33.3 Å². The molecule has 0 aromatic carbocycles. The summed E-state index contributed by atoms with van der Waals surface area (Å²) in [6, 6.07) is -0.804. The molecule has 2 N–H and O–H groups in total. The molecule has 0 spiro atoms. The SMILES string of the molecule is CN[C@@H]1[C@@H](OC(C)=O)[C@H](OC(C)=O)[C@@H](COC(C)=O)O[C@H]1O. The standard InChI is InChI=1S/C13H21NO8/c1-6(15)19-5-9-11(20-7(2)16)12(21-8(3)17)10(14-4)13(18)22-9/h9-14,18H,5H2,1-4H3/t9-,10-,11-,12-,13-/m1/s1. The fourth-order valence-corrected chi connectivity index (χ4v) is 2.23. The molecule has 0 aliphatic carbocycles. The first-order valence-corrected chi connectivity index (χ1v) is 6.74. The lowest BCUT2D eigenvalue weighted by atomic mass is 9.96. The van der Waals surface area contributed by atoms with E-state index in [-0.39, 0.29) is 6.61 Å². The molecule has 0 saturated carbocycles. The lowest BCUT2D eigenvalue weighted by Gasteiger charge is -2.43. The molecule has 22 heavy (non-hydrogen) atoms. The highest BCUT2D eigenvalue weighted by Gasteiger charge is 2.49. The monoisotopic (exact) mass is 319 g/mol. The van der Waals surface area contributed by atoms with Gasteiger partial charge in [0.25, 0.3) is 0 Å². The number of esters is 3. The Bertz CT molecular complexity index is 426. The molecule has 9 nitrogen and oxygen atoms in total. The Labute approximate surface area is 127 Å². The highest BCUT2D eigenvalue weighted by atomic mass is 16.7. The average molecular weight is 319 g/mol. The Kier molecular flexibility index (Phi) is 6.72. The van der Waals surface area contributed by atoms with Crippen LogP contribution in [0.5, 0.6) is 0 Å². The van der Waals surface area contributed by atoms with E-state index in [9.17, 15) is 19.5 Å². The molecule has 5 atom stereocenters. The van der Waals surface area contributed by atoms with Gasteiger partial charge >= 0.3 is 17.9 Å². The third kappa shape index (κ3) is 4.93. The van der Waals surface area contributed by atoms with Crippen molar-refractivity contribution in [3.05, 3.63) is 0 Å². The van der Waals surface area contributed by atoms with Crippen molar-refractivity contribution >= 4 is 17.9 Å². The largest absolute Gasteiger partial charge is 0.463 e. The molecule has 1 saturated heterocycles. The molecule has 9 heteroatoms. The Balaban J connectivity index is 3.01. The third-order valence-electron chi connectivity index (χ3n) is 3.05. The van der Waals surface area contributed by atoms with Gasteiger partial charge in [0.15, 0.2) is 18.5 Å². The number of aliphatic hydroxyl groups excluding tert-OH is 1. The fraction of sp³-hybridized carbons (Fsp3) is 0.769. The van der Waals surface area contributed by atoms with Crippen LogP contribution in [0.2, 0.25) is 0 Å². The molecule has 1 fully saturated rings. The van der Waals surface area contributed by atoms with E-state index in [2.05, 4.69) is 5.32 Å². The summed E-state index contributed by atoms with van der Waals surface area (Å²) in [4.78, 5) is 33.5. The lowest BCUT2D eigenvalue weighted by molar-refractivity contribution is -0.264. The molecule has 1 aliphatic heterocycles. The van der Waals surface area contributed by atoms with Gasteiger partial charge in [-0.3, -0.25) is 14.4 Å². The summed E-state index contributed by atoms with van der Waals surface area (Å²) >= 11 is 0. The van der Waals surface area contributed by atoms with E-state index in [1.54, 1.807) is 0 Å². The van der Waals surface area contributed by atoms with Crippen LogP contribution in [0.25, 0.3) is 0 Å². The third-order valence-corrected chi connectivity index (χ3v) is 3.05. The molecule has 0 amide bonds. The van der Waals surface area contributed by atoms with E-state index in [0.29, 0.717) is 0 Å². The van der Waals surface area contributed by atoms with Crippen LogP contribution in [0.4, 0.5) is 0 Å². The number of rotatable bonds is 5. The van der Waals surface area contributed by atoms with Crippen LogP contribution < -0.4 is 5.32 Å². The molecule has 1 aliphatic rings. The number of carbonyl (C=O) groups excluding carboxylic acids is 3. The summed E-state index contributed by atoms with van der Waals surface area (Å²) in [6.45, 7) is 3.34. The number of likely N-dealkylation sites (N-methyl/N-ethyl adjacent to an activating group) is 1. The molecule has 0 aromatic rings. The average Bonchev–Trinajstić information content (AvgIpc) is 2.39. The predicted octanol–water partition coefficient (Wildman–Crippen LogP) is -1.28. The van der Waals surface area contributed by atoms with Crippen LogP contribution in [0.15, 0.2) is 0 Å². The summed E-state index contributed by atoms with van der Waals surface area (Å²) in [6.07, 6.45) is -4.31. The van der Waals surface area contributed by atoms with Gasteiger partial charge in [0.05, 0.1) is 6.04 Å². The molecule has 0 bridgehead atoms. The van der Waals surface area contributed by atoms with Gasteiger partial charge in [-0.05, 0) is 7.05 Å². The van der Waals surface area contributed by atoms with E-state index >= 15 is 0 Å². The van der Waals surface area contributed by atoms with E-state index in [1.807, 2.05) is 0 Å². The van der Waals surface area contributed by atoms with Crippen molar-refractivity contribution in [1.82, 2.24) is 5.32 Å². The fourth-order valence-electron chi connectivity index (χ4n) is 2.23. The van der Waals surface area contributed by atoms with Gasteiger partial charge in [-0.25, -0.2) is 0 Å². The maximum atomic E-state index is 11.3. The van der Waals surface area contributed by atoms with Crippen molar-refractivity contribution in [3.63, 3.8) is 0 Å². The Hall–Kier alpha value is -1.71. The number of hydrogen-bond donors (Lipinski definition) is 2. The molecule has 0 radical (unpaired) electrons. The van der Waals surface area contributed by atoms with Crippen molar-refractivity contribution in [2.24, 2.45) is 0 Å². The topological polar surface area (TPSA) is 120 Å². The first-order chi connectivity index (χ1) is 10.3. The summed E-state index contributed by atoms with van der Waals surface area (Å²) < 4.78 is 20.5. The Morgan fingerprint density at radius 2 is 1.59 bits per heavy atom. The second-order valence-electron chi connectivity index (χ2n) is 4.83. The van der Waals surface area contributed by atoms with Gasteiger partial charge in [0, 0.05) is 20.8 Å². The maximum Gasteiger partial charge on any atom is 0.303 e. The van der Waals surface area contributed by atoms with Crippen molar-refractivity contribution in [1.29, 1.82) is 0 Å². The number of aliphatic hydroxyl groups is 1. The van der Waals surface area contributed by atoms with Crippen molar-refractivity contribution in [3.8, 4) is 0 Å². The normalized spacial score (nSPS) is 31.2. The minimum absolute atomic E-state index is 0.251. The first-order valence-electron chi connectivity index (χ1n) is 6.74. The second-order valence-corrected chi connectivity index (χ2v) is 4.83. The molecular formula is C13H21NO8. The highest BCUT2D eigenvalue weighted by Crippen LogP contribution is 2.25. The highest BCUT2D eigenvalue weighted by molar-refractivity contribution is 5.67. The summed E-state index contributed by atoms with van der Waals surface area (Å²) in [5, 5.41) is 12.7. The summed E-state index contributed by atoms with van der Waals surface area (Å²) in [5.74, 6) is -1.79. The Morgan fingerprint density at radius 1 is 1.05 bits per heavy atom. The van der Waals surface area contributed by atoms with Crippen molar-refractivity contribution < 1.29 is 38.4 Å². The maximum absolute atomic E-state index is 11.3. The van der Waals surface area contributed by atoms with E-state index in [4.69, 9.17) is 18.9 Å². The number of hydrogen-bond acceptors (Lipinski definition) is 9. The van der Waals surface area contributed by atoms with Gasteiger partial charge in [-0.15, -0.1) is 0 Å². The summed E-state index contributed by atoms with van der Waals surface area (Å²) in [5.41, 5.74) is 0. The quantitative estimate of drug-likeness (QED) is 0.471. The zero-order chi connectivity index (χ0) is 16.9. The van der Waals surface area contributed by atoms with Gasteiger partial charge in [-0.2, -0.15) is 0 Å². The molecule has 0 aromatic heterocycles. The van der Waals surface area contributed by atoms with Gasteiger partial charge in [-0.1, -0.05) is 0 Å². The van der Waals surface area contributed by atoms with E-state index < -0.39 is 48.6 Å². The molecule has 1 rings (SSSR count). The smallest absolute Gasteiger partial charge is 0.303 e. The second kappa shape index (κ2) is 8.06. The van der Waals surface area contributed by atoms with E-state index in [1.165, 1.54) is 27.8 Å². The van der Waals surface area contributed by atoms with Crippen LogP contribution in [0.3, 0.4) is 0 Å². The minimum Gasteiger partial charge on any atom is -0.463 e. The number of nitrogens with one attached hydrogen (secondary N) is 1. The summed E-state index contributed by atoms with van der Waals surface area (Å²) in [7, 11) is 1.53. The van der Waals surface area contributed by atoms with Gasteiger partial charge in [0.2, 0.25) is 0 Å². The molecular weight excluding hydrogens is 298 g/mol. The lowest BCUT2D eigenvalue weighted by Crippen LogP contribution is -2.64. The number of ether oxygens (including phenoxy) is 4. The van der Waals surface area contributed by atoms with Crippen LogP contribution >= 0.6 is 0 Å². The minimum atomic E-state index is -1.33. The van der Waals surface area contributed by atoms with Crippen LogP contribution in [-0.4, -0.2) is 67.3 Å². The zero-order valence-electron chi connectivity index (χ0n) is 12.9. The molecule has 0 unspecified atom stereocenters. The number of carbonyl (C=O) groups is 3. The van der Waals surface area contributed by atoms with Gasteiger partial charge in [0.1, 0.15) is 12.7 Å². The Morgan fingerprint density at radius 3 is 2.05 bits per heavy atom. The molecule has 1 heterocycles. The molecule has 126 valence electrons. The van der Waals surface area contributed by atoms with Crippen molar-refractivity contribution in [2.75, 3.05) is 13.7 Å². The first kappa shape index (κ1) is 18.3. The zero-order valence-corrected chi connectivity index (χ0v) is 12.9. The van der Waals surface area contributed by atoms with Crippen LogP contribution in [0.1, 0.15) is 20.8 Å². The van der Waals surface area contributed by atoms with Crippen LogP contribution in [0, 0.1) is 0 Å². The van der Waals surface area contributed by atoms with Gasteiger partial charge < -0.3 is 29.4 Å². The van der Waals surface area contributed by atoms with Crippen molar-refractivity contribution in [2.45, 2.75) is 51.4 Å². The predicted molar refractivity (Wildman–Crippen MR) is 71.5 cm³/mol. The van der Waals surface area contributed by atoms with E-state index in [0.717, 1.165) is 0 Å².